The summed E-state index contributed by atoms with van der Waals surface area (Å²) in [7, 11) is 0. The summed E-state index contributed by atoms with van der Waals surface area (Å²) in [5.74, 6) is 0.447. The van der Waals surface area contributed by atoms with Crippen LogP contribution in [0, 0.1) is 5.92 Å². The average Bonchev–Trinajstić information content (AvgIpc) is 2.25. The zero-order valence-electron chi connectivity index (χ0n) is 10.4. The highest BCUT2D eigenvalue weighted by molar-refractivity contribution is 4.64. The van der Waals surface area contributed by atoms with Gasteiger partial charge < -0.3 is 10.2 Å². The molecule has 0 aromatic heterocycles. The second-order valence-corrected chi connectivity index (χ2v) is 4.61. The molecule has 2 nitrogen and oxygen atoms in total. The van der Waals surface area contributed by atoms with Crippen LogP contribution in [0.4, 0.5) is 0 Å². The number of rotatable bonds is 10. The molecule has 2 N–H and O–H groups in total. The Morgan fingerprint density at radius 1 is 0.933 bits per heavy atom. The molecule has 2 heteroatoms. The van der Waals surface area contributed by atoms with Crippen molar-refractivity contribution in [2.75, 3.05) is 6.61 Å². The molecule has 0 aliphatic heterocycles. The van der Waals surface area contributed by atoms with Gasteiger partial charge in [-0.3, -0.25) is 0 Å². The topological polar surface area (TPSA) is 40.5 Å². The SMILES string of the molecule is CCCCC(C)C(O)CCCCCCO. The highest BCUT2D eigenvalue weighted by Crippen LogP contribution is 2.17. The summed E-state index contributed by atoms with van der Waals surface area (Å²) in [4.78, 5) is 0. The second-order valence-electron chi connectivity index (χ2n) is 4.61. The Labute approximate surface area is 94.7 Å². The van der Waals surface area contributed by atoms with E-state index in [1.165, 1.54) is 12.8 Å². The van der Waals surface area contributed by atoms with Crippen molar-refractivity contribution in [2.24, 2.45) is 5.92 Å². The van der Waals surface area contributed by atoms with Crippen molar-refractivity contribution in [1.29, 1.82) is 0 Å². The van der Waals surface area contributed by atoms with Crippen LogP contribution < -0.4 is 0 Å². The van der Waals surface area contributed by atoms with Gasteiger partial charge in [0.15, 0.2) is 0 Å². The van der Waals surface area contributed by atoms with Crippen molar-refractivity contribution >= 4 is 0 Å². The lowest BCUT2D eigenvalue weighted by molar-refractivity contribution is 0.0987. The molecule has 0 aliphatic carbocycles. The molecule has 15 heavy (non-hydrogen) atoms. The molecule has 0 amide bonds. The van der Waals surface area contributed by atoms with Crippen LogP contribution in [-0.2, 0) is 0 Å². The van der Waals surface area contributed by atoms with E-state index in [9.17, 15) is 5.11 Å². The van der Waals surface area contributed by atoms with Crippen molar-refractivity contribution in [2.45, 2.75) is 71.3 Å². The van der Waals surface area contributed by atoms with Gasteiger partial charge in [0, 0.05) is 6.61 Å². The van der Waals surface area contributed by atoms with Gasteiger partial charge in [0.25, 0.3) is 0 Å². The first-order chi connectivity index (χ1) is 7.22. The molecule has 0 aromatic rings. The molecule has 0 radical (unpaired) electrons. The Bertz CT molecular complexity index is 126. The molecule has 0 aliphatic rings. The van der Waals surface area contributed by atoms with E-state index in [1.54, 1.807) is 0 Å². The fourth-order valence-electron chi connectivity index (χ4n) is 1.82. The number of aliphatic hydroxyl groups excluding tert-OH is 2. The lowest BCUT2D eigenvalue weighted by atomic mass is 9.94. The van der Waals surface area contributed by atoms with Gasteiger partial charge in [-0.2, -0.15) is 0 Å². The quantitative estimate of drug-likeness (QED) is 0.551. The Kier molecular flexibility index (Phi) is 10.4. The zero-order valence-corrected chi connectivity index (χ0v) is 10.4. The van der Waals surface area contributed by atoms with Crippen LogP contribution in [0.5, 0.6) is 0 Å². The standard InChI is InChI=1S/C13H28O2/c1-3-4-9-12(2)13(15)10-7-5-6-8-11-14/h12-15H,3-11H2,1-2H3. The number of unbranched alkanes of at least 4 members (excludes halogenated alkanes) is 4. The van der Waals surface area contributed by atoms with E-state index in [2.05, 4.69) is 13.8 Å². The molecule has 0 saturated carbocycles. The monoisotopic (exact) mass is 216 g/mol. The summed E-state index contributed by atoms with van der Waals surface area (Å²) >= 11 is 0. The molecule has 0 saturated heterocycles. The molecule has 0 bridgehead atoms. The third kappa shape index (κ3) is 8.88. The molecule has 0 rings (SSSR count). The molecule has 0 aromatic carbocycles. The van der Waals surface area contributed by atoms with Crippen molar-refractivity contribution < 1.29 is 10.2 Å². The molecule has 2 atom stereocenters. The van der Waals surface area contributed by atoms with Crippen molar-refractivity contribution in [3.63, 3.8) is 0 Å². The molecular formula is C13H28O2. The molecule has 0 spiro atoms. The minimum Gasteiger partial charge on any atom is -0.396 e. The van der Waals surface area contributed by atoms with Gasteiger partial charge in [0.2, 0.25) is 0 Å². The fourth-order valence-corrected chi connectivity index (χ4v) is 1.82. The summed E-state index contributed by atoms with van der Waals surface area (Å²) in [6.07, 6.45) is 8.62. The summed E-state index contributed by atoms with van der Waals surface area (Å²) in [5.41, 5.74) is 0. The molecule has 2 unspecified atom stereocenters. The van der Waals surface area contributed by atoms with Crippen LogP contribution in [-0.4, -0.2) is 22.9 Å². The summed E-state index contributed by atoms with van der Waals surface area (Å²) in [6, 6.07) is 0. The lowest BCUT2D eigenvalue weighted by Crippen LogP contribution is -2.17. The van der Waals surface area contributed by atoms with Crippen molar-refractivity contribution in [1.82, 2.24) is 0 Å². The van der Waals surface area contributed by atoms with Gasteiger partial charge in [-0.1, -0.05) is 46.0 Å². The third-order valence-electron chi connectivity index (χ3n) is 3.08. The smallest absolute Gasteiger partial charge is 0.0565 e. The van der Waals surface area contributed by atoms with Crippen LogP contribution in [0.25, 0.3) is 0 Å². The van der Waals surface area contributed by atoms with Crippen LogP contribution in [0.3, 0.4) is 0 Å². The average molecular weight is 216 g/mol. The molecule has 0 fully saturated rings. The largest absolute Gasteiger partial charge is 0.396 e. The van der Waals surface area contributed by atoms with Gasteiger partial charge >= 0.3 is 0 Å². The normalized spacial score (nSPS) is 15.2. The van der Waals surface area contributed by atoms with Gasteiger partial charge in [-0.25, -0.2) is 0 Å². The summed E-state index contributed by atoms with van der Waals surface area (Å²) < 4.78 is 0. The van der Waals surface area contributed by atoms with E-state index < -0.39 is 0 Å². The van der Waals surface area contributed by atoms with E-state index in [0.717, 1.165) is 38.5 Å². The van der Waals surface area contributed by atoms with Crippen LogP contribution >= 0.6 is 0 Å². The first kappa shape index (κ1) is 14.9. The van der Waals surface area contributed by atoms with Crippen LogP contribution in [0.15, 0.2) is 0 Å². The van der Waals surface area contributed by atoms with E-state index >= 15 is 0 Å². The predicted molar refractivity (Wildman–Crippen MR) is 64.9 cm³/mol. The van der Waals surface area contributed by atoms with Crippen LogP contribution in [0.2, 0.25) is 0 Å². The van der Waals surface area contributed by atoms with Gasteiger partial charge in [-0.15, -0.1) is 0 Å². The van der Waals surface area contributed by atoms with E-state index in [4.69, 9.17) is 5.11 Å². The first-order valence-electron chi connectivity index (χ1n) is 6.51. The molecular weight excluding hydrogens is 188 g/mol. The highest BCUT2D eigenvalue weighted by atomic mass is 16.3. The van der Waals surface area contributed by atoms with Crippen LogP contribution in [0.1, 0.15) is 65.2 Å². The Balaban J connectivity index is 3.34. The summed E-state index contributed by atoms with van der Waals surface area (Å²) in [6.45, 7) is 4.64. The Morgan fingerprint density at radius 2 is 1.60 bits per heavy atom. The maximum absolute atomic E-state index is 9.85. The molecule has 92 valence electrons. The van der Waals surface area contributed by atoms with Gasteiger partial charge in [0.05, 0.1) is 6.10 Å². The zero-order chi connectivity index (χ0) is 11.5. The van der Waals surface area contributed by atoms with Gasteiger partial charge in [0.1, 0.15) is 0 Å². The number of hydrogen-bond donors (Lipinski definition) is 2. The maximum atomic E-state index is 9.85. The Morgan fingerprint density at radius 3 is 2.20 bits per heavy atom. The van der Waals surface area contributed by atoms with Crippen molar-refractivity contribution in [3.8, 4) is 0 Å². The lowest BCUT2D eigenvalue weighted by Gasteiger charge is -2.18. The van der Waals surface area contributed by atoms with E-state index in [1.807, 2.05) is 0 Å². The third-order valence-corrected chi connectivity index (χ3v) is 3.08. The van der Waals surface area contributed by atoms with Crippen molar-refractivity contribution in [3.05, 3.63) is 0 Å². The van der Waals surface area contributed by atoms with E-state index in [-0.39, 0.29) is 6.10 Å². The van der Waals surface area contributed by atoms with E-state index in [0.29, 0.717) is 12.5 Å². The van der Waals surface area contributed by atoms with Gasteiger partial charge in [-0.05, 0) is 25.2 Å². The highest BCUT2D eigenvalue weighted by Gasteiger charge is 2.12. The Hall–Kier alpha value is -0.0800. The first-order valence-corrected chi connectivity index (χ1v) is 6.51. The summed E-state index contributed by atoms with van der Waals surface area (Å²) in [5, 5.41) is 18.5. The predicted octanol–water partition coefficient (Wildman–Crippen LogP) is 3.12. The maximum Gasteiger partial charge on any atom is 0.0565 e. The molecule has 0 heterocycles. The minimum atomic E-state index is -0.120. The fraction of sp³-hybridized carbons (Fsp3) is 1.00. The number of hydrogen-bond acceptors (Lipinski definition) is 2. The second kappa shape index (κ2) is 10.4. The number of aliphatic hydroxyl groups is 2. The minimum absolute atomic E-state index is 0.120.